The molecule has 3 aromatic carbocycles. The van der Waals surface area contributed by atoms with Gasteiger partial charge in [-0.25, -0.2) is 0 Å². The van der Waals surface area contributed by atoms with E-state index in [-0.39, 0.29) is 11.8 Å². The Labute approximate surface area is 164 Å². The number of benzene rings is 3. The first-order valence-electron chi connectivity index (χ1n) is 9.12. The van der Waals surface area contributed by atoms with Crippen LogP contribution in [0.3, 0.4) is 0 Å². The van der Waals surface area contributed by atoms with Crippen molar-refractivity contribution in [1.82, 2.24) is 0 Å². The average Bonchev–Trinajstić information content (AvgIpc) is 2.68. The average molecular weight is 373 g/mol. The van der Waals surface area contributed by atoms with E-state index >= 15 is 0 Å². The molecular formula is C23H23N3O2. The summed E-state index contributed by atoms with van der Waals surface area (Å²) in [6.07, 6.45) is 0.975. The maximum atomic E-state index is 12.5. The molecule has 3 aromatic rings. The Kier molecular flexibility index (Phi) is 6.07. The van der Waals surface area contributed by atoms with Crippen LogP contribution in [-0.4, -0.2) is 11.8 Å². The van der Waals surface area contributed by atoms with Crippen molar-refractivity contribution in [2.24, 2.45) is 0 Å². The highest BCUT2D eigenvalue weighted by molar-refractivity contribution is 6.05. The van der Waals surface area contributed by atoms with Gasteiger partial charge in [0.2, 0.25) is 5.91 Å². The molecule has 3 rings (SSSR count). The minimum Gasteiger partial charge on any atom is -0.399 e. The third-order valence-electron chi connectivity index (χ3n) is 4.30. The van der Waals surface area contributed by atoms with Crippen molar-refractivity contribution in [3.63, 3.8) is 0 Å². The van der Waals surface area contributed by atoms with Crippen LogP contribution in [0.4, 0.5) is 17.1 Å². The SMILES string of the molecule is Cc1cccc(NC(=O)c2cccc(NC(=O)CCc3ccc(N)cc3)c2)c1. The predicted molar refractivity (Wildman–Crippen MR) is 113 cm³/mol. The van der Waals surface area contributed by atoms with Gasteiger partial charge in [-0.15, -0.1) is 0 Å². The maximum Gasteiger partial charge on any atom is 0.255 e. The van der Waals surface area contributed by atoms with E-state index in [2.05, 4.69) is 10.6 Å². The Morgan fingerprint density at radius 1 is 0.857 bits per heavy atom. The number of amides is 2. The summed E-state index contributed by atoms with van der Waals surface area (Å²) in [6, 6.07) is 22.0. The van der Waals surface area contributed by atoms with Gasteiger partial charge in [-0.2, -0.15) is 0 Å². The molecule has 28 heavy (non-hydrogen) atoms. The largest absolute Gasteiger partial charge is 0.399 e. The fraction of sp³-hybridized carbons (Fsp3) is 0.130. The Hall–Kier alpha value is -3.60. The van der Waals surface area contributed by atoms with Crippen LogP contribution in [0.25, 0.3) is 0 Å². The fourth-order valence-corrected chi connectivity index (χ4v) is 2.83. The number of nitrogen functional groups attached to an aromatic ring is 1. The first-order chi connectivity index (χ1) is 13.5. The van der Waals surface area contributed by atoms with Gasteiger partial charge in [-0.1, -0.05) is 30.3 Å². The zero-order chi connectivity index (χ0) is 19.9. The summed E-state index contributed by atoms with van der Waals surface area (Å²) >= 11 is 0. The quantitative estimate of drug-likeness (QED) is 0.560. The molecule has 0 aromatic heterocycles. The third-order valence-corrected chi connectivity index (χ3v) is 4.30. The topological polar surface area (TPSA) is 84.2 Å². The fourth-order valence-electron chi connectivity index (χ4n) is 2.83. The Morgan fingerprint density at radius 3 is 2.25 bits per heavy atom. The molecule has 0 fully saturated rings. The summed E-state index contributed by atoms with van der Waals surface area (Å²) < 4.78 is 0. The summed E-state index contributed by atoms with van der Waals surface area (Å²) in [7, 11) is 0. The summed E-state index contributed by atoms with van der Waals surface area (Å²) in [6.45, 7) is 1.97. The molecule has 142 valence electrons. The van der Waals surface area contributed by atoms with Crippen molar-refractivity contribution in [2.45, 2.75) is 19.8 Å². The van der Waals surface area contributed by atoms with E-state index in [1.54, 1.807) is 24.3 Å². The lowest BCUT2D eigenvalue weighted by molar-refractivity contribution is -0.116. The van der Waals surface area contributed by atoms with Crippen LogP contribution in [0.2, 0.25) is 0 Å². The lowest BCUT2D eigenvalue weighted by atomic mass is 10.1. The molecule has 0 spiro atoms. The van der Waals surface area contributed by atoms with E-state index in [0.717, 1.165) is 16.8 Å². The van der Waals surface area contributed by atoms with Crippen LogP contribution < -0.4 is 16.4 Å². The molecule has 0 saturated heterocycles. The molecule has 0 radical (unpaired) electrons. The molecule has 0 saturated carbocycles. The third kappa shape index (κ3) is 5.45. The number of aryl methyl sites for hydroxylation is 2. The van der Waals surface area contributed by atoms with Crippen LogP contribution in [0.15, 0.2) is 72.8 Å². The molecule has 0 unspecified atom stereocenters. The van der Waals surface area contributed by atoms with E-state index in [4.69, 9.17) is 5.73 Å². The molecule has 0 heterocycles. The Morgan fingerprint density at radius 2 is 1.54 bits per heavy atom. The Bertz CT molecular complexity index is 981. The Balaban J connectivity index is 1.58. The molecule has 4 N–H and O–H groups in total. The number of carbonyl (C=O) groups excluding carboxylic acids is 2. The number of hydrogen-bond acceptors (Lipinski definition) is 3. The monoisotopic (exact) mass is 373 g/mol. The normalized spacial score (nSPS) is 10.3. The molecule has 0 aliphatic heterocycles. The minimum absolute atomic E-state index is 0.104. The van der Waals surface area contributed by atoms with Gasteiger partial charge in [0.25, 0.3) is 5.91 Å². The highest BCUT2D eigenvalue weighted by Crippen LogP contribution is 2.15. The standard InChI is InChI=1S/C23H23N3O2/c1-16-4-2-6-20(14-16)26-23(28)18-5-3-7-21(15-18)25-22(27)13-10-17-8-11-19(24)12-9-17/h2-9,11-12,14-15H,10,13,24H2,1H3,(H,25,27)(H,26,28). The number of anilines is 3. The van der Waals surface area contributed by atoms with E-state index in [1.807, 2.05) is 55.5 Å². The molecule has 0 atom stereocenters. The van der Waals surface area contributed by atoms with Gasteiger partial charge in [-0.05, 0) is 66.9 Å². The predicted octanol–water partition coefficient (Wildman–Crippen LogP) is 4.40. The van der Waals surface area contributed by atoms with Crippen LogP contribution in [0.5, 0.6) is 0 Å². The van der Waals surface area contributed by atoms with Gasteiger partial charge >= 0.3 is 0 Å². The number of rotatable bonds is 6. The van der Waals surface area contributed by atoms with Crippen molar-refractivity contribution in [3.05, 3.63) is 89.5 Å². The second-order valence-electron chi connectivity index (χ2n) is 6.69. The van der Waals surface area contributed by atoms with Crippen LogP contribution in [0.1, 0.15) is 27.9 Å². The summed E-state index contributed by atoms with van der Waals surface area (Å²) in [4.78, 5) is 24.7. The second kappa shape index (κ2) is 8.86. The zero-order valence-electron chi connectivity index (χ0n) is 15.7. The first-order valence-corrected chi connectivity index (χ1v) is 9.12. The number of hydrogen-bond donors (Lipinski definition) is 3. The van der Waals surface area contributed by atoms with E-state index in [9.17, 15) is 9.59 Å². The van der Waals surface area contributed by atoms with Crippen molar-refractivity contribution >= 4 is 28.9 Å². The zero-order valence-corrected chi connectivity index (χ0v) is 15.7. The second-order valence-corrected chi connectivity index (χ2v) is 6.69. The number of carbonyl (C=O) groups is 2. The van der Waals surface area contributed by atoms with Crippen LogP contribution in [0, 0.1) is 6.92 Å². The first kappa shape index (κ1) is 19.2. The number of nitrogens with one attached hydrogen (secondary N) is 2. The van der Waals surface area contributed by atoms with Crippen molar-refractivity contribution in [1.29, 1.82) is 0 Å². The summed E-state index contributed by atoms with van der Waals surface area (Å²) in [5.74, 6) is -0.323. The van der Waals surface area contributed by atoms with Gasteiger partial charge < -0.3 is 16.4 Å². The smallest absolute Gasteiger partial charge is 0.255 e. The van der Waals surface area contributed by atoms with E-state index < -0.39 is 0 Å². The molecule has 0 bridgehead atoms. The molecule has 5 heteroatoms. The molecule has 2 amide bonds. The lowest BCUT2D eigenvalue weighted by Gasteiger charge is -2.09. The molecule has 0 aliphatic rings. The maximum absolute atomic E-state index is 12.5. The lowest BCUT2D eigenvalue weighted by Crippen LogP contribution is -2.15. The van der Waals surface area contributed by atoms with Gasteiger partial charge in [0.05, 0.1) is 0 Å². The van der Waals surface area contributed by atoms with Crippen molar-refractivity contribution < 1.29 is 9.59 Å². The van der Waals surface area contributed by atoms with Gasteiger partial charge in [0.1, 0.15) is 0 Å². The summed E-state index contributed by atoms with van der Waals surface area (Å²) in [5.41, 5.74) is 10.3. The van der Waals surface area contributed by atoms with Crippen LogP contribution >= 0.6 is 0 Å². The number of nitrogens with two attached hydrogens (primary N) is 1. The van der Waals surface area contributed by atoms with Crippen molar-refractivity contribution in [2.75, 3.05) is 16.4 Å². The summed E-state index contributed by atoms with van der Waals surface area (Å²) in [5, 5.41) is 5.72. The minimum atomic E-state index is -0.219. The molecular weight excluding hydrogens is 350 g/mol. The van der Waals surface area contributed by atoms with Gasteiger partial charge in [-0.3, -0.25) is 9.59 Å². The van der Waals surface area contributed by atoms with Crippen molar-refractivity contribution in [3.8, 4) is 0 Å². The molecule has 5 nitrogen and oxygen atoms in total. The highest BCUT2D eigenvalue weighted by atomic mass is 16.2. The van der Waals surface area contributed by atoms with Gasteiger partial charge in [0, 0.05) is 29.0 Å². The van der Waals surface area contributed by atoms with Gasteiger partial charge in [0.15, 0.2) is 0 Å². The molecule has 0 aliphatic carbocycles. The highest BCUT2D eigenvalue weighted by Gasteiger charge is 2.09. The van der Waals surface area contributed by atoms with E-state index in [1.165, 1.54) is 0 Å². The van der Waals surface area contributed by atoms with Crippen LogP contribution in [-0.2, 0) is 11.2 Å². The van der Waals surface area contributed by atoms with E-state index in [0.29, 0.717) is 29.8 Å².